The van der Waals surface area contributed by atoms with Gasteiger partial charge in [-0.05, 0) is 37.1 Å². The Morgan fingerprint density at radius 3 is 2.57 bits per heavy atom. The lowest BCUT2D eigenvalue weighted by Gasteiger charge is -2.09. The Labute approximate surface area is 127 Å². The third kappa shape index (κ3) is 3.73. The lowest BCUT2D eigenvalue weighted by molar-refractivity contribution is 1.11. The van der Waals surface area contributed by atoms with E-state index in [1.807, 2.05) is 37.3 Å². The van der Waals surface area contributed by atoms with E-state index >= 15 is 0 Å². The Hall–Kier alpha value is -2.54. The SMILES string of the molecule is C=C/C=C(\C)n1cc(/C=C\C=C/C)cc1-c1ccccc1. The first-order valence-electron chi connectivity index (χ1n) is 7.13. The van der Waals surface area contributed by atoms with Crippen LogP contribution in [0.25, 0.3) is 23.0 Å². The van der Waals surface area contributed by atoms with Gasteiger partial charge in [-0.15, -0.1) is 0 Å². The molecule has 0 saturated heterocycles. The van der Waals surface area contributed by atoms with Gasteiger partial charge in [0.1, 0.15) is 0 Å². The summed E-state index contributed by atoms with van der Waals surface area (Å²) in [6.45, 7) is 7.89. The number of aromatic nitrogens is 1. The monoisotopic (exact) mass is 275 g/mol. The van der Waals surface area contributed by atoms with E-state index in [1.54, 1.807) is 0 Å². The van der Waals surface area contributed by atoms with Crippen LogP contribution in [-0.2, 0) is 0 Å². The Bertz CT molecular complexity index is 682. The molecule has 1 aromatic heterocycles. The van der Waals surface area contributed by atoms with Crippen molar-refractivity contribution in [2.45, 2.75) is 13.8 Å². The van der Waals surface area contributed by atoms with Gasteiger partial charge in [-0.3, -0.25) is 0 Å². The minimum Gasteiger partial charge on any atom is -0.320 e. The van der Waals surface area contributed by atoms with Crippen molar-refractivity contribution in [3.8, 4) is 11.3 Å². The second-order valence-corrected chi connectivity index (χ2v) is 4.82. The van der Waals surface area contributed by atoms with Gasteiger partial charge in [0.15, 0.2) is 0 Å². The molecule has 2 rings (SSSR count). The molecule has 0 aliphatic rings. The quantitative estimate of drug-likeness (QED) is 0.608. The van der Waals surface area contributed by atoms with E-state index in [2.05, 4.69) is 66.8 Å². The first-order chi connectivity index (χ1) is 10.3. The van der Waals surface area contributed by atoms with Gasteiger partial charge in [0.25, 0.3) is 0 Å². The molecule has 1 heteroatoms. The van der Waals surface area contributed by atoms with Crippen LogP contribution in [-0.4, -0.2) is 4.57 Å². The van der Waals surface area contributed by atoms with Gasteiger partial charge in [0, 0.05) is 11.9 Å². The minimum absolute atomic E-state index is 1.15. The second-order valence-electron chi connectivity index (χ2n) is 4.82. The van der Waals surface area contributed by atoms with Crippen LogP contribution in [0.2, 0.25) is 0 Å². The summed E-state index contributed by atoms with van der Waals surface area (Å²) in [7, 11) is 0. The highest BCUT2D eigenvalue weighted by molar-refractivity contribution is 5.70. The maximum atomic E-state index is 3.78. The molecule has 1 aromatic carbocycles. The number of hydrogen-bond donors (Lipinski definition) is 0. The summed E-state index contributed by atoms with van der Waals surface area (Å²) >= 11 is 0. The largest absolute Gasteiger partial charge is 0.320 e. The fraction of sp³-hybridized carbons (Fsp3) is 0.100. The van der Waals surface area contributed by atoms with Gasteiger partial charge in [-0.1, -0.05) is 67.3 Å². The highest BCUT2D eigenvalue weighted by Gasteiger charge is 2.07. The summed E-state index contributed by atoms with van der Waals surface area (Å²) in [5, 5.41) is 0. The van der Waals surface area contributed by atoms with E-state index in [9.17, 15) is 0 Å². The van der Waals surface area contributed by atoms with Crippen LogP contribution < -0.4 is 0 Å². The van der Waals surface area contributed by atoms with E-state index in [0.717, 1.165) is 5.70 Å². The Morgan fingerprint density at radius 2 is 1.90 bits per heavy atom. The molecule has 0 fully saturated rings. The Kier molecular flexibility index (Phi) is 5.16. The van der Waals surface area contributed by atoms with Gasteiger partial charge in [-0.2, -0.15) is 0 Å². The van der Waals surface area contributed by atoms with Crippen molar-refractivity contribution in [2.24, 2.45) is 0 Å². The van der Waals surface area contributed by atoms with E-state index < -0.39 is 0 Å². The zero-order valence-electron chi connectivity index (χ0n) is 12.7. The zero-order chi connectivity index (χ0) is 15.1. The van der Waals surface area contributed by atoms with Gasteiger partial charge in [0.2, 0.25) is 0 Å². The van der Waals surface area contributed by atoms with Crippen LogP contribution >= 0.6 is 0 Å². The maximum Gasteiger partial charge on any atom is 0.0531 e. The lowest BCUT2D eigenvalue weighted by atomic mass is 10.1. The van der Waals surface area contributed by atoms with Crippen molar-refractivity contribution < 1.29 is 0 Å². The molecule has 21 heavy (non-hydrogen) atoms. The maximum absolute atomic E-state index is 3.78. The summed E-state index contributed by atoms with van der Waals surface area (Å²) in [6.07, 6.45) is 14.2. The molecule has 2 aromatic rings. The van der Waals surface area contributed by atoms with Crippen molar-refractivity contribution in [1.82, 2.24) is 4.57 Å². The summed E-state index contributed by atoms with van der Waals surface area (Å²) in [5.74, 6) is 0. The molecule has 0 saturated carbocycles. The highest BCUT2D eigenvalue weighted by Crippen LogP contribution is 2.26. The molecule has 0 unspecified atom stereocenters. The Morgan fingerprint density at radius 1 is 1.14 bits per heavy atom. The molecular weight excluding hydrogens is 254 g/mol. The number of benzene rings is 1. The van der Waals surface area contributed by atoms with E-state index in [4.69, 9.17) is 0 Å². The van der Waals surface area contributed by atoms with Crippen molar-refractivity contribution in [3.63, 3.8) is 0 Å². The van der Waals surface area contributed by atoms with Crippen molar-refractivity contribution >= 4 is 11.8 Å². The van der Waals surface area contributed by atoms with Crippen molar-refractivity contribution in [1.29, 1.82) is 0 Å². The van der Waals surface area contributed by atoms with Crippen LogP contribution in [0.3, 0.4) is 0 Å². The molecule has 0 radical (unpaired) electrons. The number of nitrogens with zero attached hydrogens (tertiary/aromatic N) is 1. The summed E-state index contributed by atoms with van der Waals surface area (Å²) < 4.78 is 2.20. The predicted molar refractivity (Wildman–Crippen MR) is 93.9 cm³/mol. The number of allylic oxidation sites excluding steroid dienone is 6. The fourth-order valence-electron chi connectivity index (χ4n) is 2.23. The molecule has 0 aliphatic heterocycles. The average molecular weight is 275 g/mol. The van der Waals surface area contributed by atoms with Gasteiger partial charge in [0.05, 0.1) is 5.69 Å². The van der Waals surface area contributed by atoms with Crippen LogP contribution in [0.15, 0.2) is 79.6 Å². The molecule has 0 atom stereocenters. The molecule has 1 heterocycles. The third-order valence-corrected chi connectivity index (χ3v) is 3.24. The van der Waals surface area contributed by atoms with Crippen LogP contribution in [0, 0.1) is 0 Å². The average Bonchev–Trinajstić information content (AvgIpc) is 2.93. The molecule has 0 amide bonds. The minimum atomic E-state index is 1.15. The van der Waals surface area contributed by atoms with E-state index in [1.165, 1.54) is 16.8 Å². The van der Waals surface area contributed by atoms with Gasteiger partial charge in [-0.25, -0.2) is 0 Å². The van der Waals surface area contributed by atoms with E-state index in [-0.39, 0.29) is 0 Å². The second kappa shape index (κ2) is 7.30. The standard InChI is InChI=1S/C20H21N/c1-4-6-8-12-18-15-20(19-13-9-7-10-14-19)21(16-18)17(3)11-5-2/h4-16H,2H2,1,3H3/b6-4-,12-8-,17-11+. The molecule has 0 N–H and O–H groups in total. The Balaban J connectivity index is 2.51. The molecule has 1 nitrogen and oxygen atoms in total. The molecule has 0 spiro atoms. The molecule has 106 valence electrons. The summed E-state index contributed by atoms with van der Waals surface area (Å²) in [4.78, 5) is 0. The number of rotatable bonds is 5. The summed E-state index contributed by atoms with van der Waals surface area (Å²) in [6, 6.07) is 12.6. The van der Waals surface area contributed by atoms with Crippen molar-refractivity contribution in [2.75, 3.05) is 0 Å². The third-order valence-electron chi connectivity index (χ3n) is 3.24. The predicted octanol–water partition coefficient (Wildman–Crippen LogP) is 5.79. The first-order valence-corrected chi connectivity index (χ1v) is 7.13. The van der Waals surface area contributed by atoms with Crippen molar-refractivity contribution in [3.05, 3.63) is 85.1 Å². The topological polar surface area (TPSA) is 4.93 Å². The van der Waals surface area contributed by atoms with E-state index in [0.29, 0.717) is 0 Å². The van der Waals surface area contributed by atoms with Crippen LogP contribution in [0.4, 0.5) is 0 Å². The molecular formula is C20H21N. The molecule has 0 aliphatic carbocycles. The zero-order valence-corrected chi connectivity index (χ0v) is 12.7. The van der Waals surface area contributed by atoms with Crippen LogP contribution in [0.5, 0.6) is 0 Å². The highest BCUT2D eigenvalue weighted by atomic mass is 15.0. The normalized spacial score (nSPS) is 12.4. The van der Waals surface area contributed by atoms with Crippen LogP contribution in [0.1, 0.15) is 19.4 Å². The lowest BCUT2D eigenvalue weighted by Crippen LogP contribution is -1.94. The molecule has 0 bridgehead atoms. The smallest absolute Gasteiger partial charge is 0.0531 e. The first kappa shape index (κ1) is 14.9. The summed E-state index contributed by atoms with van der Waals surface area (Å²) in [5.41, 5.74) is 4.73. The van der Waals surface area contributed by atoms with Gasteiger partial charge < -0.3 is 4.57 Å². The fourth-order valence-corrected chi connectivity index (χ4v) is 2.23. The van der Waals surface area contributed by atoms with Gasteiger partial charge >= 0.3 is 0 Å². The number of hydrogen-bond acceptors (Lipinski definition) is 0.